The van der Waals surface area contributed by atoms with Gasteiger partial charge < -0.3 is 29.2 Å². The van der Waals surface area contributed by atoms with Crippen LogP contribution in [0.2, 0.25) is 0 Å². The van der Waals surface area contributed by atoms with Gasteiger partial charge in [-0.1, -0.05) is 51.3 Å². The molecule has 2 aromatic rings. The number of rotatable bonds is 14. The summed E-state index contributed by atoms with van der Waals surface area (Å²) in [6.45, 7) is 10.2. The zero-order valence-corrected chi connectivity index (χ0v) is 20.0. The predicted octanol–water partition coefficient (Wildman–Crippen LogP) is 2.95. The van der Waals surface area contributed by atoms with Crippen molar-refractivity contribution in [3.05, 3.63) is 85.0 Å². The summed E-state index contributed by atoms with van der Waals surface area (Å²) in [5.41, 5.74) is 1.77. The summed E-state index contributed by atoms with van der Waals surface area (Å²) in [7, 11) is 0. The van der Waals surface area contributed by atoms with Gasteiger partial charge in [-0.15, -0.1) is 0 Å². The van der Waals surface area contributed by atoms with E-state index in [1.165, 1.54) is 0 Å². The Morgan fingerprint density at radius 3 is 1.40 bits per heavy atom. The van der Waals surface area contributed by atoms with E-state index < -0.39 is 24.1 Å². The second kappa shape index (κ2) is 13.3. The summed E-state index contributed by atoms with van der Waals surface area (Å²) in [6.07, 6.45) is 0.508. The van der Waals surface area contributed by atoms with Crippen LogP contribution in [0.4, 0.5) is 0 Å². The van der Waals surface area contributed by atoms with Gasteiger partial charge in [0.1, 0.15) is 24.7 Å². The quantitative estimate of drug-likeness (QED) is 0.311. The second-order valence-corrected chi connectivity index (χ2v) is 8.19. The van der Waals surface area contributed by atoms with Crippen molar-refractivity contribution >= 4 is 11.9 Å². The van der Waals surface area contributed by atoms with Crippen molar-refractivity contribution in [3.63, 3.8) is 0 Å². The Balaban J connectivity index is 1.98. The molecule has 2 atom stereocenters. The average Bonchev–Trinajstić information content (AvgIpc) is 2.88. The van der Waals surface area contributed by atoms with Gasteiger partial charge in [0, 0.05) is 17.6 Å². The molecule has 0 aliphatic heterocycles. The van der Waals surface area contributed by atoms with E-state index in [1.807, 2.05) is 48.5 Å². The third kappa shape index (κ3) is 8.27. The van der Waals surface area contributed by atoms with Gasteiger partial charge in [-0.2, -0.15) is 0 Å². The highest BCUT2D eigenvalue weighted by Gasteiger charge is 2.23. The summed E-state index contributed by atoms with van der Waals surface area (Å²) in [6, 6.07) is 15.1. The average molecular weight is 485 g/mol. The Morgan fingerprint density at radius 2 is 1.11 bits per heavy atom. The van der Waals surface area contributed by atoms with Crippen LogP contribution in [-0.4, -0.2) is 60.8 Å². The summed E-state index contributed by atoms with van der Waals surface area (Å²) in [5, 5.41) is 18.7. The van der Waals surface area contributed by atoms with Gasteiger partial charge >= 0.3 is 11.9 Å². The topological polar surface area (TPSA) is 112 Å². The molecule has 188 valence electrons. The first-order valence-corrected chi connectivity index (χ1v) is 11.1. The molecule has 0 radical (unpaired) electrons. The fourth-order valence-electron chi connectivity index (χ4n) is 3.15. The van der Waals surface area contributed by atoms with Crippen molar-refractivity contribution in [2.45, 2.75) is 31.5 Å². The van der Waals surface area contributed by atoms with Crippen LogP contribution in [0.3, 0.4) is 0 Å². The highest BCUT2D eigenvalue weighted by Crippen LogP contribution is 2.33. The van der Waals surface area contributed by atoms with Crippen molar-refractivity contribution < 1.29 is 38.7 Å². The summed E-state index contributed by atoms with van der Waals surface area (Å²) in [5.74, 6) is -0.0787. The van der Waals surface area contributed by atoms with Crippen LogP contribution in [0.15, 0.2) is 73.8 Å². The molecule has 2 unspecified atom stereocenters. The number of aliphatic hydroxyl groups excluding tert-OH is 2. The highest BCUT2D eigenvalue weighted by atomic mass is 16.6. The number of aliphatic hydroxyl groups is 2. The molecule has 0 spiro atoms. The molecule has 0 saturated carbocycles. The molecular weight excluding hydrogens is 452 g/mol. The molecule has 2 N–H and O–H groups in total. The fraction of sp³-hybridized carbons (Fsp3) is 0.333. The number of hydrogen-bond donors (Lipinski definition) is 2. The van der Waals surface area contributed by atoms with E-state index in [9.17, 15) is 19.8 Å². The number of esters is 2. The normalized spacial score (nSPS) is 12.7. The van der Waals surface area contributed by atoms with E-state index in [1.54, 1.807) is 0 Å². The Hall–Kier alpha value is -3.62. The smallest absolute Gasteiger partial charge is 0.330 e. The van der Waals surface area contributed by atoms with Gasteiger partial charge in [-0.25, -0.2) is 9.59 Å². The van der Waals surface area contributed by atoms with E-state index in [2.05, 4.69) is 27.0 Å². The second-order valence-electron chi connectivity index (χ2n) is 8.19. The molecule has 2 aromatic carbocycles. The molecule has 2 rings (SSSR count). The lowest BCUT2D eigenvalue weighted by molar-refractivity contribution is -0.147. The number of benzene rings is 2. The number of ether oxygens (including phenoxy) is 4. The Morgan fingerprint density at radius 1 is 0.771 bits per heavy atom. The first-order valence-electron chi connectivity index (χ1n) is 11.1. The SMILES string of the molecule is C=CC(=O)OC(CO)COc1ccc(C(C)(C)c2ccc(OCC(CO)OC(=O)C=C)cc2)cc1. The minimum Gasteiger partial charge on any atom is -0.490 e. The van der Waals surface area contributed by atoms with Gasteiger partial charge in [-0.05, 0) is 35.4 Å². The van der Waals surface area contributed by atoms with Gasteiger partial charge in [-0.3, -0.25) is 0 Å². The van der Waals surface area contributed by atoms with Crippen LogP contribution in [0.25, 0.3) is 0 Å². The molecule has 35 heavy (non-hydrogen) atoms. The first kappa shape index (κ1) is 27.6. The van der Waals surface area contributed by atoms with Crippen LogP contribution in [0.1, 0.15) is 25.0 Å². The molecule has 0 saturated heterocycles. The van der Waals surface area contributed by atoms with Crippen LogP contribution >= 0.6 is 0 Å². The molecule has 0 fully saturated rings. The number of carbonyl (C=O) groups excluding carboxylic acids is 2. The van der Waals surface area contributed by atoms with Crippen molar-refractivity contribution in [1.82, 2.24) is 0 Å². The van der Waals surface area contributed by atoms with Gasteiger partial charge in [0.15, 0.2) is 12.2 Å². The van der Waals surface area contributed by atoms with E-state index >= 15 is 0 Å². The third-order valence-electron chi connectivity index (χ3n) is 5.33. The molecule has 0 bridgehead atoms. The highest BCUT2D eigenvalue weighted by molar-refractivity contribution is 5.81. The van der Waals surface area contributed by atoms with E-state index in [0.29, 0.717) is 11.5 Å². The van der Waals surface area contributed by atoms with Crippen molar-refractivity contribution in [3.8, 4) is 11.5 Å². The van der Waals surface area contributed by atoms with E-state index in [0.717, 1.165) is 23.3 Å². The molecule has 0 amide bonds. The standard InChI is InChI=1S/C27H32O8/c1-5-25(30)34-23(15-28)17-32-21-11-7-19(8-12-21)27(3,4)20-9-13-22(14-10-20)33-18-24(16-29)35-26(31)6-2/h5-14,23-24,28-29H,1-2,15-18H2,3-4H3. The van der Waals surface area contributed by atoms with Gasteiger partial charge in [0.05, 0.1) is 13.2 Å². The molecule has 0 aliphatic rings. The molecule has 8 nitrogen and oxygen atoms in total. The zero-order chi connectivity index (χ0) is 25.8. The molecule has 0 heterocycles. The van der Waals surface area contributed by atoms with E-state index in [-0.39, 0.29) is 31.8 Å². The Bertz CT molecular complexity index is 900. The number of hydrogen-bond acceptors (Lipinski definition) is 8. The predicted molar refractivity (Wildman–Crippen MR) is 130 cm³/mol. The number of carbonyl (C=O) groups is 2. The molecule has 0 aliphatic carbocycles. The lowest BCUT2D eigenvalue weighted by Crippen LogP contribution is -2.28. The molecular formula is C27H32O8. The molecule has 8 heteroatoms. The minimum atomic E-state index is -0.779. The van der Waals surface area contributed by atoms with Crippen molar-refractivity contribution in [2.24, 2.45) is 0 Å². The first-order chi connectivity index (χ1) is 16.7. The maximum atomic E-state index is 11.3. The summed E-state index contributed by atoms with van der Waals surface area (Å²) < 4.78 is 21.3. The van der Waals surface area contributed by atoms with Crippen LogP contribution in [0, 0.1) is 0 Å². The van der Waals surface area contributed by atoms with Crippen LogP contribution < -0.4 is 9.47 Å². The maximum absolute atomic E-state index is 11.3. The van der Waals surface area contributed by atoms with E-state index in [4.69, 9.17) is 18.9 Å². The lowest BCUT2D eigenvalue weighted by atomic mass is 9.78. The lowest BCUT2D eigenvalue weighted by Gasteiger charge is -2.26. The van der Waals surface area contributed by atoms with Crippen LogP contribution in [0.5, 0.6) is 11.5 Å². The third-order valence-corrected chi connectivity index (χ3v) is 5.33. The largest absolute Gasteiger partial charge is 0.490 e. The monoisotopic (exact) mass is 484 g/mol. The van der Waals surface area contributed by atoms with Crippen molar-refractivity contribution in [2.75, 3.05) is 26.4 Å². The Labute approximate surface area is 205 Å². The van der Waals surface area contributed by atoms with Crippen LogP contribution in [-0.2, 0) is 24.5 Å². The fourth-order valence-corrected chi connectivity index (χ4v) is 3.15. The minimum absolute atomic E-state index is 0.0181. The Kier molecular flexibility index (Phi) is 10.5. The summed E-state index contributed by atoms with van der Waals surface area (Å²) in [4.78, 5) is 22.6. The van der Waals surface area contributed by atoms with Crippen molar-refractivity contribution in [1.29, 1.82) is 0 Å². The summed E-state index contributed by atoms with van der Waals surface area (Å²) >= 11 is 0. The zero-order valence-electron chi connectivity index (χ0n) is 20.0. The van der Waals surface area contributed by atoms with Gasteiger partial charge in [0.25, 0.3) is 0 Å². The molecule has 0 aromatic heterocycles. The maximum Gasteiger partial charge on any atom is 0.330 e. The van der Waals surface area contributed by atoms with Gasteiger partial charge in [0.2, 0.25) is 0 Å².